The quantitative estimate of drug-likeness (QED) is 0.428. The van der Waals surface area contributed by atoms with E-state index in [4.69, 9.17) is 14.2 Å². The second kappa shape index (κ2) is 2.88. The first kappa shape index (κ1) is 7.76. The van der Waals surface area contributed by atoms with Gasteiger partial charge in [0.15, 0.2) is 6.10 Å². The van der Waals surface area contributed by atoms with Gasteiger partial charge in [-0.25, -0.2) is 4.79 Å². The Morgan fingerprint density at radius 3 is 2.42 bits per heavy atom. The highest BCUT2D eigenvalue weighted by Gasteiger charge is 2.46. The van der Waals surface area contributed by atoms with Crippen molar-refractivity contribution in [3.05, 3.63) is 12.7 Å². The van der Waals surface area contributed by atoms with Crippen LogP contribution < -0.4 is 0 Å². The Morgan fingerprint density at radius 2 is 2.00 bits per heavy atom. The van der Waals surface area contributed by atoms with E-state index in [2.05, 4.69) is 6.58 Å². The molecule has 2 rings (SSSR count). The van der Waals surface area contributed by atoms with Gasteiger partial charge in [0.2, 0.25) is 0 Å². The summed E-state index contributed by atoms with van der Waals surface area (Å²) in [6.45, 7) is 4.37. The van der Waals surface area contributed by atoms with E-state index in [1.165, 1.54) is 0 Å². The number of rotatable bonds is 2. The molecule has 12 heavy (non-hydrogen) atoms. The van der Waals surface area contributed by atoms with Crippen LogP contribution in [-0.2, 0) is 19.0 Å². The van der Waals surface area contributed by atoms with Crippen molar-refractivity contribution in [1.29, 1.82) is 0 Å². The molecule has 2 aliphatic rings. The van der Waals surface area contributed by atoms with Crippen LogP contribution in [0.5, 0.6) is 0 Å². The SMILES string of the molecule is C=CC(=O)OC1C2COC1CO2. The minimum Gasteiger partial charge on any atom is -0.453 e. The Balaban J connectivity index is 1.96. The molecule has 0 N–H and O–H groups in total. The van der Waals surface area contributed by atoms with Crippen molar-refractivity contribution in [2.75, 3.05) is 13.2 Å². The summed E-state index contributed by atoms with van der Waals surface area (Å²) in [5, 5.41) is 0. The van der Waals surface area contributed by atoms with Crippen LogP contribution in [0.25, 0.3) is 0 Å². The van der Waals surface area contributed by atoms with Crippen molar-refractivity contribution >= 4 is 5.97 Å². The molecule has 2 atom stereocenters. The third-order valence-corrected chi connectivity index (χ3v) is 2.10. The lowest BCUT2D eigenvalue weighted by molar-refractivity contribution is -0.145. The Kier molecular flexibility index (Phi) is 1.86. The monoisotopic (exact) mass is 170 g/mol. The minimum absolute atomic E-state index is 0.0705. The summed E-state index contributed by atoms with van der Waals surface area (Å²) in [6, 6.07) is 0. The number of fused-ring (bicyclic) bond motifs is 2. The minimum atomic E-state index is -0.411. The van der Waals surface area contributed by atoms with Crippen molar-refractivity contribution in [1.82, 2.24) is 0 Å². The molecule has 4 heteroatoms. The maximum atomic E-state index is 10.8. The van der Waals surface area contributed by atoms with Crippen molar-refractivity contribution in [2.24, 2.45) is 0 Å². The molecule has 66 valence electrons. The van der Waals surface area contributed by atoms with Crippen molar-refractivity contribution in [3.63, 3.8) is 0 Å². The van der Waals surface area contributed by atoms with Gasteiger partial charge in [-0.15, -0.1) is 0 Å². The summed E-state index contributed by atoms with van der Waals surface area (Å²) in [5.74, 6) is -0.411. The number of hydrogen-bond donors (Lipinski definition) is 0. The van der Waals surface area contributed by atoms with Crippen LogP contribution in [0.2, 0.25) is 0 Å². The third-order valence-electron chi connectivity index (χ3n) is 2.10. The molecule has 2 saturated heterocycles. The summed E-state index contributed by atoms with van der Waals surface area (Å²) >= 11 is 0. The molecule has 0 amide bonds. The molecule has 0 spiro atoms. The summed E-state index contributed by atoms with van der Waals surface area (Å²) in [4.78, 5) is 10.8. The molecule has 0 aromatic heterocycles. The average molecular weight is 170 g/mol. The molecule has 2 unspecified atom stereocenters. The predicted octanol–water partition coefficient (Wildman–Crippen LogP) is -0.118. The molecule has 2 heterocycles. The van der Waals surface area contributed by atoms with Gasteiger partial charge in [-0.1, -0.05) is 6.58 Å². The normalized spacial score (nSPS) is 38.2. The van der Waals surface area contributed by atoms with E-state index in [-0.39, 0.29) is 18.3 Å². The number of hydrogen-bond acceptors (Lipinski definition) is 4. The van der Waals surface area contributed by atoms with E-state index in [0.29, 0.717) is 13.2 Å². The Hall–Kier alpha value is -0.870. The first-order valence-corrected chi connectivity index (χ1v) is 3.87. The highest BCUT2D eigenvalue weighted by atomic mass is 16.7. The van der Waals surface area contributed by atoms with Crippen LogP contribution in [-0.4, -0.2) is 37.5 Å². The van der Waals surface area contributed by atoms with Crippen LogP contribution in [0.3, 0.4) is 0 Å². The number of carbonyl (C=O) groups excluding carboxylic acids is 1. The van der Waals surface area contributed by atoms with Crippen molar-refractivity contribution in [2.45, 2.75) is 18.3 Å². The van der Waals surface area contributed by atoms with E-state index in [0.717, 1.165) is 6.08 Å². The fraction of sp³-hybridized carbons (Fsp3) is 0.625. The molecular weight excluding hydrogens is 160 g/mol. The summed E-state index contributed by atoms with van der Waals surface area (Å²) in [5.41, 5.74) is 0. The maximum Gasteiger partial charge on any atom is 0.330 e. The van der Waals surface area contributed by atoms with Gasteiger partial charge in [0.1, 0.15) is 12.2 Å². The third kappa shape index (κ3) is 1.13. The smallest absolute Gasteiger partial charge is 0.330 e. The fourth-order valence-corrected chi connectivity index (χ4v) is 1.49. The van der Waals surface area contributed by atoms with Crippen molar-refractivity contribution < 1.29 is 19.0 Å². The highest BCUT2D eigenvalue weighted by Crippen LogP contribution is 2.27. The van der Waals surface area contributed by atoms with Crippen LogP contribution in [0, 0.1) is 0 Å². The van der Waals surface area contributed by atoms with Gasteiger partial charge < -0.3 is 14.2 Å². The lowest BCUT2D eigenvalue weighted by atomic mass is 10.2. The zero-order chi connectivity index (χ0) is 8.55. The molecule has 0 radical (unpaired) electrons. The molecule has 2 fully saturated rings. The second-order valence-corrected chi connectivity index (χ2v) is 2.85. The zero-order valence-corrected chi connectivity index (χ0v) is 6.56. The number of ether oxygens (including phenoxy) is 3. The Bertz CT molecular complexity index is 193. The molecule has 0 aromatic rings. The van der Waals surface area contributed by atoms with Crippen LogP contribution >= 0.6 is 0 Å². The topological polar surface area (TPSA) is 44.8 Å². The Morgan fingerprint density at radius 1 is 1.42 bits per heavy atom. The van der Waals surface area contributed by atoms with Gasteiger partial charge in [0.25, 0.3) is 0 Å². The Labute approximate surface area is 70.1 Å². The molecule has 0 saturated carbocycles. The van der Waals surface area contributed by atoms with Gasteiger partial charge >= 0.3 is 5.97 Å². The highest BCUT2D eigenvalue weighted by molar-refractivity contribution is 5.81. The lowest BCUT2D eigenvalue weighted by Gasteiger charge is -2.10. The number of esters is 1. The summed E-state index contributed by atoms with van der Waals surface area (Å²) in [6.07, 6.45) is 0.783. The molecule has 0 aromatic carbocycles. The van der Waals surface area contributed by atoms with Gasteiger partial charge in [0, 0.05) is 6.08 Å². The lowest BCUT2D eigenvalue weighted by Crippen LogP contribution is -2.28. The van der Waals surface area contributed by atoms with E-state index in [1.54, 1.807) is 0 Å². The molecular formula is C8H10O4. The van der Waals surface area contributed by atoms with Gasteiger partial charge in [-0.3, -0.25) is 0 Å². The molecule has 4 nitrogen and oxygen atoms in total. The largest absolute Gasteiger partial charge is 0.453 e. The van der Waals surface area contributed by atoms with E-state index in [9.17, 15) is 4.79 Å². The average Bonchev–Trinajstić information content (AvgIpc) is 2.65. The predicted molar refractivity (Wildman–Crippen MR) is 39.6 cm³/mol. The first-order chi connectivity index (χ1) is 5.81. The fourth-order valence-electron chi connectivity index (χ4n) is 1.49. The van der Waals surface area contributed by atoms with Crippen molar-refractivity contribution in [3.8, 4) is 0 Å². The standard InChI is InChI=1S/C8H10O4/c1-2-7(9)12-8-5-3-10-6(8)4-11-5/h2,5-6,8H,1,3-4H2. The van der Waals surface area contributed by atoms with Crippen LogP contribution in [0.1, 0.15) is 0 Å². The summed E-state index contributed by atoms with van der Waals surface area (Å²) in [7, 11) is 0. The number of carbonyl (C=O) groups is 1. The maximum absolute atomic E-state index is 10.8. The second-order valence-electron chi connectivity index (χ2n) is 2.85. The molecule has 0 aliphatic carbocycles. The van der Waals surface area contributed by atoms with Gasteiger partial charge in [-0.05, 0) is 0 Å². The molecule has 2 aliphatic heterocycles. The molecule has 2 bridgehead atoms. The van der Waals surface area contributed by atoms with E-state index < -0.39 is 5.97 Å². The van der Waals surface area contributed by atoms with Gasteiger partial charge in [-0.2, -0.15) is 0 Å². The van der Waals surface area contributed by atoms with Crippen LogP contribution in [0.15, 0.2) is 12.7 Å². The zero-order valence-electron chi connectivity index (χ0n) is 6.56. The van der Waals surface area contributed by atoms with Gasteiger partial charge in [0.05, 0.1) is 13.2 Å². The van der Waals surface area contributed by atoms with E-state index >= 15 is 0 Å². The van der Waals surface area contributed by atoms with Crippen LogP contribution in [0.4, 0.5) is 0 Å². The summed E-state index contributed by atoms with van der Waals surface area (Å²) < 4.78 is 15.6. The van der Waals surface area contributed by atoms with E-state index in [1.807, 2.05) is 0 Å². The first-order valence-electron chi connectivity index (χ1n) is 3.87.